The number of rotatable bonds is 9. The number of halogens is 3. The fourth-order valence-corrected chi connectivity index (χ4v) is 5.03. The van der Waals surface area contributed by atoms with Gasteiger partial charge in [0.2, 0.25) is 5.91 Å². The average Bonchev–Trinajstić information content (AvgIpc) is 3.32. The van der Waals surface area contributed by atoms with Gasteiger partial charge in [0.1, 0.15) is 23.0 Å². The van der Waals surface area contributed by atoms with Crippen LogP contribution in [0.3, 0.4) is 0 Å². The molecule has 0 radical (unpaired) electrons. The molecule has 1 saturated heterocycles. The molecule has 1 fully saturated rings. The molecule has 0 bridgehead atoms. The van der Waals surface area contributed by atoms with Crippen LogP contribution in [0.15, 0.2) is 36.5 Å². The lowest BCUT2D eigenvalue weighted by atomic mass is 9.86. The van der Waals surface area contributed by atoms with Gasteiger partial charge in [-0.2, -0.15) is 0 Å². The Labute approximate surface area is 224 Å². The normalized spacial score (nSPS) is 14.7. The molecule has 0 spiro atoms. The number of carbonyl (C=O) groups excluding carboxylic acids is 3. The van der Waals surface area contributed by atoms with E-state index in [1.165, 1.54) is 17.0 Å². The third kappa shape index (κ3) is 5.78. The van der Waals surface area contributed by atoms with E-state index >= 15 is 0 Å². The van der Waals surface area contributed by atoms with Gasteiger partial charge in [0.25, 0.3) is 11.8 Å². The van der Waals surface area contributed by atoms with E-state index in [9.17, 15) is 27.6 Å². The van der Waals surface area contributed by atoms with Gasteiger partial charge in [0, 0.05) is 36.7 Å². The minimum Gasteiger partial charge on any atom is -0.361 e. The first-order valence-corrected chi connectivity index (χ1v) is 13.0. The Hall–Kier alpha value is -3.86. The van der Waals surface area contributed by atoms with E-state index in [0.717, 1.165) is 23.2 Å². The number of amides is 3. The van der Waals surface area contributed by atoms with Crippen molar-refractivity contribution in [3.63, 3.8) is 0 Å². The maximum Gasteiger partial charge on any atom is 0.257 e. The monoisotopic (exact) mass is 543 g/mol. The molecule has 2 heterocycles. The van der Waals surface area contributed by atoms with Crippen molar-refractivity contribution in [2.24, 2.45) is 0 Å². The molecule has 4 rings (SSSR count). The van der Waals surface area contributed by atoms with E-state index in [1.807, 2.05) is 0 Å². The Bertz CT molecular complexity index is 1380. The number of nitrogens with zero attached hydrogens (tertiary/aromatic N) is 1. The van der Waals surface area contributed by atoms with Gasteiger partial charge in [0.05, 0.1) is 11.1 Å². The number of aromatic amines is 1. The molecular weight excluding hydrogens is 511 g/mol. The van der Waals surface area contributed by atoms with Crippen LogP contribution < -0.4 is 16.0 Å². The molecule has 1 aliphatic rings. The van der Waals surface area contributed by atoms with E-state index < -0.39 is 46.0 Å². The predicted octanol–water partition coefficient (Wildman–Crippen LogP) is 3.28. The Balaban J connectivity index is 1.55. The number of nitrogens with one attached hydrogen (secondary N) is 4. The molecule has 39 heavy (non-hydrogen) atoms. The van der Waals surface area contributed by atoms with Gasteiger partial charge in [-0.25, -0.2) is 13.2 Å². The average molecular weight is 544 g/mol. The largest absolute Gasteiger partial charge is 0.361 e. The zero-order valence-electron chi connectivity index (χ0n) is 21.9. The van der Waals surface area contributed by atoms with Gasteiger partial charge in [0.15, 0.2) is 0 Å². The highest BCUT2D eigenvalue weighted by atomic mass is 19.1. The SMILES string of the molecule is CCN(CC)C(=O)c1c(F)ccc(F)c1C(=O)NC1(C(=O)NCCc2c[nH]c3ccc(F)cc23)CCNCC1. The first kappa shape index (κ1) is 28.2. The Morgan fingerprint density at radius 1 is 0.974 bits per heavy atom. The van der Waals surface area contributed by atoms with E-state index in [2.05, 4.69) is 20.9 Å². The number of fused-ring (bicyclic) bond motifs is 1. The van der Waals surface area contributed by atoms with Crippen molar-refractivity contribution in [2.45, 2.75) is 38.6 Å². The van der Waals surface area contributed by atoms with Crippen molar-refractivity contribution in [1.82, 2.24) is 25.8 Å². The summed E-state index contributed by atoms with van der Waals surface area (Å²) < 4.78 is 43.5. The maximum atomic E-state index is 15.0. The van der Waals surface area contributed by atoms with Crippen LogP contribution in [-0.2, 0) is 11.2 Å². The summed E-state index contributed by atoms with van der Waals surface area (Å²) in [6, 6.07) is 6.02. The molecule has 11 heteroatoms. The summed E-state index contributed by atoms with van der Waals surface area (Å²) in [5.74, 6) is -4.75. The summed E-state index contributed by atoms with van der Waals surface area (Å²) in [5, 5.41) is 9.31. The van der Waals surface area contributed by atoms with Crippen LogP contribution in [0, 0.1) is 17.5 Å². The highest BCUT2D eigenvalue weighted by Gasteiger charge is 2.42. The minimum atomic E-state index is -1.40. The Morgan fingerprint density at radius 2 is 1.64 bits per heavy atom. The smallest absolute Gasteiger partial charge is 0.257 e. The van der Waals surface area contributed by atoms with Crippen molar-refractivity contribution in [2.75, 3.05) is 32.7 Å². The molecular formula is C28H32F3N5O3. The summed E-state index contributed by atoms with van der Waals surface area (Å²) >= 11 is 0. The molecule has 3 aromatic rings. The standard InChI is InChI=1S/C28H32F3N5O3/c1-3-36(4-2)26(38)24-21(31)7-6-20(30)23(24)25(37)35-28(10-13-32-14-11-28)27(39)33-12-9-17-16-34-22-8-5-18(29)15-19(17)22/h5-8,15-16,32,34H,3-4,9-14H2,1-2H3,(H,33,39)(H,35,37). The van der Waals surface area contributed by atoms with Crippen LogP contribution >= 0.6 is 0 Å². The number of H-pyrrole nitrogens is 1. The van der Waals surface area contributed by atoms with Gasteiger partial charge in [-0.3, -0.25) is 14.4 Å². The highest BCUT2D eigenvalue weighted by molar-refractivity contribution is 6.09. The van der Waals surface area contributed by atoms with Crippen LogP contribution in [0.4, 0.5) is 13.2 Å². The van der Waals surface area contributed by atoms with Crippen molar-refractivity contribution in [3.05, 3.63) is 70.7 Å². The number of carbonyl (C=O) groups is 3. The summed E-state index contributed by atoms with van der Waals surface area (Å²) in [6.45, 7) is 4.89. The minimum absolute atomic E-state index is 0.202. The molecule has 0 saturated carbocycles. The maximum absolute atomic E-state index is 15.0. The van der Waals surface area contributed by atoms with Crippen LogP contribution in [0.1, 0.15) is 53.0 Å². The van der Waals surface area contributed by atoms with Crippen LogP contribution in [-0.4, -0.2) is 65.9 Å². The zero-order chi connectivity index (χ0) is 28.2. The first-order chi connectivity index (χ1) is 18.7. The zero-order valence-corrected chi connectivity index (χ0v) is 21.9. The number of hydrogen-bond acceptors (Lipinski definition) is 4. The van der Waals surface area contributed by atoms with Crippen LogP contribution in [0.5, 0.6) is 0 Å². The lowest BCUT2D eigenvalue weighted by molar-refractivity contribution is -0.128. The number of benzene rings is 2. The summed E-state index contributed by atoms with van der Waals surface area (Å²) in [7, 11) is 0. The van der Waals surface area contributed by atoms with E-state index in [4.69, 9.17) is 0 Å². The first-order valence-electron chi connectivity index (χ1n) is 13.0. The molecule has 1 aliphatic heterocycles. The third-order valence-corrected chi connectivity index (χ3v) is 7.25. The van der Waals surface area contributed by atoms with E-state index in [0.29, 0.717) is 24.9 Å². The van der Waals surface area contributed by atoms with Crippen molar-refractivity contribution in [3.8, 4) is 0 Å². The highest BCUT2D eigenvalue weighted by Crippen LogP contribution is 2.25. The molecule has 208 valence electrons. The molecule has 4 N–H and O–H groups in total. The van der Waals surface area contributed by atoms with Gasteiger partial charge >= 0.3 is 0 Å². The molecule has 3 amide bonds. The predicted molar refractivity (Wildman–Crippen MR) is 141 cm³/mol. The van der Waals surface area contributed by atoms with Crippen molar-refractivity contribution in [1.29, 1.82) is 0 Å². The molecule has 2 aromatic carbocycles. The van der Waals surface area contributed by atoms with Gasteiger partial charge in [-0.05, 0) is 82.1 Å². The fraction of sp³-hybridized carbons (Fsp3) is 0.393. The second-order valence-corrected chi connectivity index (χ2v) is 9.55. The topological polar surface area (TPSA) is 106 Å². The molecule has 0 unspecified atom stereocenters. The third-order valence-electron chi connectivity index (χ3n) is 7.25. The van der Waals surface area contributed by atoms with Crippen LogP contribution in [0.25, 0.3) is 10.9 Å². The van der Waals surface area contributed by atoms with Crippen LogP contribution in [0.2, 0.25) is 0 Å². The Morgan fingerprint density at radius 3 is 2.31 bits per heavy atom. The molecule has 0 atom stereocenters. The van der Waals surface area contributed by atoms with E-state index in [-0.39, 0.29) is 38.3 Å². The number of piperidine rings is 1. The summed E-state index contributed by atoms with van der Waals surface area (Å²) in [6.07, 6.45) is 2.57. The molecule has 0 aliphatic carbocycles. The summed E-state index contributed by atoms with van der Waals surface area (Å²) in [4.78, 5) is 44.2. The second-order valence-electron chi connectivity index (χ2n) is 9.55. The van der Waals surface area contributed by atoms with Gasteiger partial charge in [-0.15, -0.1) is 0 Å². The van der Waals surface area contributed by atoms with Crippen molar-refractivity contribution < 1.29 is 27.6 Å². The molecule has 1 aromatic heterocycles. The number of aromatic nitrogens is 1. The quantitative estimate of drug-likeness (QED) is 0.332. The second kappa shape index (κ2) is 11.9. The fourth-order valence-electron chi connectivity index (χ4n) is 5.03. The van der Waals surface area contributed by atoms with Crippen molar-refractivity contribution >= 4 is 28.6 Å². The van der Waals surface area contributed by atoms with Gasteiger partial charge < -0.3 is 25.8 Å². The van der Waals surface area contributed by atoms with Gasteiger partial charge in [-0.1, -0.05) is 0 Å². The molecule has 8 nitrogen and oxygen atoms in total. The lowest BCUT2D eigenvalue weighted by Crippen LogP contribution is -2.63. The lowest BCUT2D eigenvalue weighted by Gasteiger charge is -2.37. The number of hydrogen-bond donors (Lipinski definition) is 4. The Kier molecular flexibility index (Phi) is 8.59. The van der Waals surface area contributed by atoms with E-state index in [1.54, 1.807) is 26.1 Å². The summed E-state index contributed by atoms with van der Waals surface area (Å²) in [5.41, 5.74) is -1.20.